The van der Waals surface area contributed by atoms with E-state index < -0.39 is 6.09 Å². The van der Waals surface area contributed by atoms with Crippen LogP contribution in [0.4, 0.5) is 4.79 Å². The Morgan fingerprint density at radius 2 is 1.40 bits per heavy atom. The third kappa shape index (κ3) is 11.2. The molecule has 25 heavy (non-hydrogen) atoms. The number of carbonyl (C=O) groups excluding carboxylic acids is 2. The minimum Gasteiger partial charge on any atom is -0.410 e. The molecule has 0 bridgehead atoms. The van der Waals surface area contributed by atoms with Crippen LogP contribution in [0.5, 0.6) is 5.75 Å². The molecule has 0 saturated carbocycles. The second kappa shape index (κ2) is 15.4. The van der Waals surface area contributed by atoms with E-state index in [1.165, 1.54) is 11.8 Å². The maximum Gasteiger partial charge on any atom is 0.415 e. The van der Waals surface area contributed by atoms with Gasteiger partial charge in [0, 0.05) is 41.2 Å². The quantitative estimate of drug-likeness (QED) is 0.780. The van der Waals surface area contributed by atoms with Gasteiger partial charge in [0.15, 0.2) is 0 Å². The van der Waals surface area contributed by atoms with Crippen LogP contribution < -0.4 is 4.74 Å². The van der Waals surface area contributed by atoms with E-state index in [0.717, 1.165) is 5.56 Å². The molecule has 0 fully saturated rings. The lowest BCUT2D eigenvalue weighted by atomic mass is 10.2. The predicted molar refractivity (Wildman–Crippen MR) is 102 cm³/mol. The lowest BCUT2D eigenvalue weighted by molar-refractivity contribution is -0.127. The normalized spacial score (nSPS) is 8.96. The van der Waals surface area contributed by atoms with Gasteiger partial charge in [-0.05, 0) is 17.7 Å². The summed E-state index contributed by atoms with van der Waals surface area (Å²) in [5, 5.41) is 0. The van der Waals surface area contributed by atoms with E-state index in [-0.39, 0.29) is 5.91 Å². The van der Waals surface area contributed by atoms with Gasteiger partial charge in [0.1, 0.15) is 5.75 Å². The number of hydrogen-bond donors (Lipinski definition) is 0. The van der Waals surface area contributed by atoms with Crippen molar-refractivity contribution >= 4 is 12.0 Å². The summed E-state index contributed by atoms with van der Waals surface area (Å²) in [7, 11) is 4.95. The van der Waals surface area contributed by atoms with Crippen molar-refractivity contribution in [3.63, 3.8) is 0 Å². The van der Waals surface area contributed by atoms with Crippen LogP contribution in [0.1, 0.15) is 40.2 Å². The average Bonchev–Trinajstić information content (AvgIpc) is 2.64. The van der Waals surface area contributed by atoms with Gasteiger partial charge < -0.3 is 19.3 Å². The van der Waals surface area contributed by atoms with Crippen LogP contribution in [0, 0.1) is 0 Å². The molecule has 0 aromatic heterocycles. The average molecular weight is 354 g/mol. The summed E-state index contributed by atoms with van der Waals surface area (Å²) in [6, 6.07) is 7.13. The number of rotatable bonds is 6. The number of benzene rings is 1. The molecule has 0 radical (unpaired) electrons. The molecular weight excluding hydrogens is 320 g/mol. The molecule has 1 rings (SSSR count). The molecule has 0 heterocycles. The van der Waals surface area contributed by atoms with Crippen molar-refractivity contribution < 1.29 is 19.1 Å². The molecule has 0 unspecified atom stereocenters. The van der Waals surface area contributed by atoms with Gasteiger partial charge >= 0.3 is 6.09 Å². The number of hydrogen-bond acceptors (Lipinski definition) is 4. The first-order chi connectivity index (χ1) is 11.9. The zero-order chi connectivity index (χ0) is 19.8. The first kappa shape index (κ1) is 25.2. The summed E-state index contributed by atoms with van der Waals surface area (Å²) in [6.45, 7) is 10.9. The Kier molecular flexibility index (Phi) is 15.5. The zero-order valence-electron chi connectivity index (χ0n) is 17.0. The summed E-state index contributed by atoms with van der Waals surface area (Å²) in [4.78, 5) is 25.9. The van der Waals surface area contributed by atoms with Gasteiger partial charge in [0.2, 0.25) is 5.91 Å². The van der Waals surface area contributed by atoms with Crippen LogP contribution in [0.2, 0.25) is 0 Å². The molecule has 0 aliphatic heterocycles. The number of ether oxygens (including phenoxy) is 2. The molecule has 0 atom stereocenters. The summed E-state index contributed by atoms with van der Waals surface area (Å²) in [5.41, 5.74) is 1.01. The fourth-order valence-corrected chi connectivity index (χ4v) is 1.55. The number of carbonyl (C=O) groups is 2. The third-order valence-electron chi connectivity index (χ3n) is 3.06. The first-order valence-electron chi connectivity index (χ1n) is 8.66. The van der Waals surface area contributed by atoms with Gasteiger partial charge in [-0.3, -0.25) is 4.79 Å². The van der Waals surface area contributed by atoms with E-state index in [9.17, 15) is 9.59 Å². The largest absolute Gasteiger partial charge is 0.415 e. The molecule has 2 amide bonds. The smallest absolute Gasteiger partial charge is 0.410 e. The molecular formula is C19H34N2O4. The van der Waals surface area contributed by atoms with Crippen molar-refractivity contribution in [3.05, 3.63) is 29.8 Å². The van der Waals surface area contributed by atoms with Crippen LogP contribution in [-0.4, -0.2) is 56.1 Å². The highest BCUT2D eigenvalue weighted by Gasteiger charge is 2.12. The van der Waals surface area contributed by atoms with Gasteiger partial charge in [-0.15, -0.1) is 0 Å². The van der Waals surface area contributed by atoms with E-state index in [4.69, 9.17) is 9.47 Å². The Labute approximate surface area is 152 Å². The zero-order valence-corrected chi connectivity index (χ0v) is 17.0. The van der Waals surface area contributed by atoms with Crippen molar-refractivity contribution in [2.75, 3.05) is 34.3 Å². The van der Waals surface area contributed by atoms with Crippen LogP contribution >= 0.6 is 0 Å². The Bertz CT molecular complexity index is 475. The fraction of sp³-hybridized carbons (Fsp3) is 0.579. The van der Waals surface area contributed by atoms with Crippen LogP contribution in [0.15, 0.2) is 24.3 Å². The summed E-state index contributed by atoms with van der Waals surface area (Å²) in [6.07, 6.45) is -0.452. The third-order valence-corrected chi connectivity index (χ3v) is 3.06. The Morgan fingerprint density at radius 1 is 0.920 bits per heavy atom. The number of amides is 2. The topological polar surface area (TPSA) is 59.1 Å². The number of nitrogens with zero attached hydrogens (tertiary/aromatic N) is 2. The Morgan fingerprint density at radius 3 is 1.84 bits per heavy atom. The molecule has 0 aliphatic rings. The fourth-order valence-electron chi connectivity index (χ4n) is 1.55. The van der Waals surface area contributed by atoms with Crippen LogP contribution in [0.25, 0.3) is 0 Å². The van der Waals surface area contributed by atoms with E-state index in [2.05, 4.69) is 0 Å². The number of likely N-dealkylation sites (N-methyl/N-ethyl adjacent to an activating group) is 2. The van der Waals surface area contributed by atoms with Gasteiger partial charge in [0.05, 0.1) is 6.61 Å². The van der Waals surface area contributed by atoms with E-state index in [1.54, 1.807) is 38.2 Å². The summed E-state index contributed by atoms with van der Waals surface area (Å²) >= 11 is 0. The maximum absolute atomic E-state index is 11.9. The molecule has 0 aliphatic carbocycles. The SMILES string of the molecule is CC.CC.COCc1ccc(OC(=O)N(C)CCN(C)C(C)=O)cc1. The van der Waals surface area contributed by atoms with E-state index in [1.807, 2.05) is 39.8 Å². The molecule has 6 nitrogen and oxygen atoms in total. The van der Waals surface area contributed by atoms with Crippen molar-refractivity contribution in [3.8, 4) is 5.75 Å². The highest BCUT2D eigenvalue weighted by molar-refractivity contribution is 5.73. The maximum atomic E-state index is 11.9. The van der Waals surface area contributed by atoms with Crippen molar-refractivity contribution in [2.45, 2.75) is 41.2 Å². The van der Waals surface area contributed by atoms with Crippen LogP contribution in [0.3, 0.4) is 0 Å². The predicted octanol–water partition coefficient (Wildman–Crippen LogP) is 3.79. The van der Waals surface area contributed by atoms with E-state index in [0.29, 0.717) is 25.4 Å². The van der Waals surface area contributed by atoms with Crippen molar-refractivity contribution in [2.24, 2.45) is 0 Å². The highest BCUT2D eigenvalue weighted by Crippen LogP contribution is 2.13. The molecule has 0 saturated heterocycles. The summed E-state index contributed by atoms with van der Waals surface area (Å²) < 4.78 is 10.3. The summed E-state index contributed by atoms with van der Waals surface area (Å²) in [5.74, 6) is 0.442. The second-order valence-electron chi connectivity index (χ2n) is 4.81. The highest BCUT2D eigenvalue weighted by atomic mass is 16.6. The molecule has 1 aromatic carbocycles. The monoisotopic (exact) mass is 354 g/mol. The molecule has 6 heteroatoms. The first-order valence-corrected chi connectivity index (χ1v) is 8.66. The Hall–Kier alpha value is -2.08. The van der Waals surface area contributed by atoms with Crippen LogP contribution in [-0.2, 0) is 16.1 Å². The van der Waals surface area contributed by atoms with Gasteiger partial charge in [-0.1, -0.05) is 39.8 Å². The number of methoxy groups -OCH3 is 1. The van der Waals surface area contributed by atoms with Gasteiger partial charge in [-0.2, -0.15) is 0 Å². The molecule has 0 N–H and O–H groups in total. The van der Waals surface area contributed by atoms with E-state index >= 15 is 0 Å². The second-order valence-corrected chi connectivity index (χ2v) is 4.81. The molecule has 144 valence electrons. The standard InChI is InChI=1S/C15H22N2O4.2C2H6/c1-12(18)16(2)9-10-17(3)15(19)21-14-7-5-13(6-8-14)11-20-4;2*1-2/h5-8H,9-11H2,1-4H3;2*1-2H3. The Balaban J connectivity index is 0. The van der Waals surface area contributed by atoms with Crippen molar-refractivity contribution in [1.82, 2.24) is 9.80 Å². The lowest BCUT2D eigenvalue weighted by Gasteiger charge is -2.21. The lowest BCUT2D eigenvalue weighted by Crippen LogP contribution is -2.37. The van der Waals surface area contributed by atoms with Crippen molar-refractivity contribution in [1.29, 1.82) is 0 Å². The van der Waals surface area contributed by atoms with Gasteiger partial charge in [-0.25, -0.2) is 4.79 Å². The molecule has 0 spiro atoms. The minimum absolute atomic E-state index is 0.0366. The minimum atomic E-state index is -0.452. The molecule has 1 aromatic rings. The van der Waals surface area contributed by atoms with Gasteiger partial charge in [0.25, 0.3) is 0 Å².